The fourth-order valence-electron chi connectivity index (χ4n) is 1.68. The molecule has 0 amide bonds. The van der Waals surface area contributed by atoms with E-state index in [1.165, 1.54) is 0 Å². The summed E-state index contributed by atoms with van der Waals surface area (Å²) in [5.74, 6) is 5.60. The first-order valence-electron chi connectivity index (χ1n) is 5.16. The van der Waals surface area contributed by atoms with Crippen LogP contribution in [0.25, 0.3) is 0 Å². The molecule has 14 heavy (non-hydrogen) atoms. The number of nitrogens with one attached hydrogen (secondary N) is 1. The Morgan fingerprint density at radius 2 is 2.07 bits per heavy atom. The summed E-state index contributed by atoms with van der Waals surface area (Å²) in [4.78, 5) is 2.22. The normalized spacial score (nSPS) is 17.9. The van der Waals surface area contributed by atoms with Gasteiger partial charge in [-0.3, -0.25) is 11.3 Å². The van der Waals surface area contributed by atoms with Crippen LogP contribution in [0.5, 0.6) is 0 Å². The molecule has 0 saturated carbocycles. The number of rotatable bonds is 6. The van der Waals surface area contributed by atoms with Crippen LogP contribution >= 0.6 is 0 Å². The van der Waals surface area contributed by atoms with Crippen LogP contribution in [0.2, 0.25) is 0 Å². The Morgan fingerprint density at radius 3 is 2.29 bits per heavy atom. The summed E-state index contributed by atoms with van der Waals surface area (Å²) < 4.78 is 0. The van der Waals surface area contributed by atoms with Crippen LogP contribution in [-0.2, 0) is 0 Å². The lowest BCUT2D eigenvalue weighted by molar-refractivity contribution is 0.112. The molecule has 0 spiro atoms. The van der Waals surface area contributed by atoms with Crippen molar-refractivity contribution < 1.29 is 0 Å². The Bertz CT molecular complexity index is 189. The van der Waals surface area contributed by atoms with Gasteiger partial charge in [0.2, 0.25) is 0 Å². The molecule has 0 aromatic heterocycles. The number of hydrogen-bond donors (Lipinski definition) is 2. The molecule has 0 aliphatic carbocycles. The first kappa shape index (κ1) is 13.6. The quantitative estimate of drug-likeness (QED) is 0.387. The van der Waals surface area contributed by atoms with E-state index in [1.807, 2.05) is 6.92 Å². The van der Waals surface area contributed by atoms with Crippen LogP contribution in [0.4, 0.5) is 0 Å². The standard InChI is InChI=1S/C11H25N3/c1-7-11(4,14(5)6)10(13-12)8-9(2)3/h10,13H,2,7-8,12H2,1,3-6H3. The minimum Gasteiger partial charge on any atom is -0.302 e. The summed E-state index contributed by atoms with van der Waals surface area (Å²) in [6, 6.07) is 0.250. The van der Waals surface area contributed by atoms with E-state index in [2.05, 4.69) is 44.8 Å². The van der Waals surface area contributed by atoms with Crippen molar-refractivity contribution in [3.63, 3.8) is 0 Å². The third-order valence-corrected chi connectivity index (χ3v) is 3.24. The summed E-state index contributed by atoms with van der Waals surface area (Å²) in [5.41, 5.74) is 4.14. The Hall–Kier alpha value is -0.380. The fraction of sp³-hybridized carbons (Fsp3) is 0.818. The van der Waals surface area contributed by atoms with Crippen molar-refractivity contribution in [3.8, 4) is 0 Å². The van der Waals surface area contributed by atoms with Gasteiger partial charge in [0, 0.05) is 11.6 Å². The first-order chi connectivity index (χ1) is 6.38. The van der Waals surface area contributed by atoms with Gasteiger partial charge in [-0.2, -0.15) is 0 Å². The SMILES string of the molecule is C=C(C)CC(NN)C(C)(CC)N(C)C. The predicted octanol–water partition coefficient (Wildman–Crippen LogP) is 1.51. The van der Waals surface area contributed by atoms with Crippen LogP contribution in [0.15, 0.2) is 12.2 Å². The summed E-state index contributed by atoms with van der Waals surface area (Å²) in [5, 5.41) is 0. The van der Waals surface area contributed by atoms with E-state index < -0.39 is 0 Å². The molecule has 0 aromatic carbocycles. The molecule has 0 radical (unpaired) electrons. The van der Waals surface area contributed by atoms with E-state index in [0.29, 0.717) is 0 Å². The molecular formula is C11H25N3. The second-order valence-corrected chi connectivity index (χ2v) is 4.49. The zero-order chi connectivity index (χ0) is 11.4. The van der Waals surface area contributed by atoms with Gasteiger partial charge in [0.25, 0.3) is 0 Å². The van der Waals surface area contributed by atoms with Gasteiger partial charge >= 0.3 is 0 Å². The Morgan fingerprint density at radius 1 is 1.57 bits per heavy atom. The number of nitrogens with two attached hydrogens (primary N) is 1. The maximum Gasteiger partial charge on any atom is 0.0428 e. The molecule has 84 valence electrons. The maximum absolute atomic E-state index is 5.60. The highest BCUT2D eigenvalue weighted by molar-refractivity contribution is 5.02. The number of hydrazine groups is 1. The van der Waals surface area contributed by atoms with Crippen molar-refractivity contribution in [1.82, 2.24) is 10.3 Å². The van der Waals surface area contributed by atoms with Crippen molar-refractivity contribution >= 4 is 0 Å². The second kappa shape index (κ2) is 5.49. The van der Waals surface area contributed by atoms with Crippen molar-refractivity contribution in [1.29, 1.82) is 0 Å². The zero-order valence-electron chi connectivity index (χ0n) is 10.2. The zero-order valence-corrected chi connectivity index (χ0v) is 10.2. The monoisotopic (exact) mass is 199 g/mol. The summed E-state index contributed by atoms with van der Waals surface area (Å²) >= 11 is 0. The first-order valence-corrected chi connectivity index (χ1v) is 5.16. The highest BCUT2D eigenvalue weighted by Gasteiger charge is 2.33. The van der Waals surface area contributed by atoms with Gasteiger partial charge < -0.3 is 4.90 Å². The van der Waals surface area contributed by atoms with Crippen LogP contribution in [-0.4, -0.2) is 30.6 Å². The van der Waals surface area contributed by atoms with Crippen molar-refractivity contribution in [2.24, 2.45) is 5.84 Å². The molecular weight excluding hydrogens is 174 g/mol. The Kier molecular flexibility index (Phi) is 5.34. The van der Waals surface area contributed by atoms with Gasteiger partial charge in [0.05, 0.1) is 0 Å². The summed E-state index contributed by atoms with van der Waals surface area (Å²) in [7, 11) is 4.18. The van der Waals surface area contributed by atoms with Crippen LogP contribution in [0.1, 0.15) is 33.6 Å². The summed E-state index contributed by atoms with van der Waals surface area (Å²) in [6.45, 7) is 10.4. The molecule has 2 unspecified atom stereocenters. The van der Waals surface area contributed by atoms with Crippen molar-refractivity contribution in [2.75, 3.05) is 14.1 Å². The molecule has 0 saturated heterocycles. The smallest absolute Gasteiger partial charge is 0.0428 e. The number of likely N-dealkylation sites (N-methyl/N-ethyl adjacent to an activating group) is 1. The largest absolute Gasteiger partial charge is 0.302 e. The summed E-state index contributed by atoms with van der Waals surface area (Å²) in [6.07, 6.45) is 1.97. The topological polar surface area (TPSA) is 41.3 Å². The van der Waals surface area contributed by atoms with Gasteiger partial charge in [-0.25, -0.2) is 0 Å². The molecule has 0 fully saturated rings. The molecule has 2 atom stereocenters. The fourth-order valence-corrected chi connectivity index (χ4v) is 1.68. The van der Waals surface area contributed by atoms with E-state index in [9.17, 15) is 0 Å². The molecule has 3 heteroatoms. The maximum atomic E-state index is 5.60. The van der Waals surface area contributed by atoms with E-state index in [0.717, 1.165) is 18.4 Å². The lowest BCUT2D eigenvalue weighted by Crippen LogP contribution is -2.58. The molecule has 0 heterocycles. The van der Waals surface area contributed by atoms with Crippen molar-refractivity contribution in [3.05, 3.63) is 12.2 Å². The molecule has 0 aliphatic rings. The van der Waals surface area contributed by atoms with Crippen LogP contribution in [0, 0.1) is 0 Å². The third-order valence-electron chi connectivity index (χ3n) is 3.24. The molecule has 0 aliphatic heterocycles. The Balaban J connectivity index is 4.68. The number of hydrogen-bond acceptors (Lipinski definition) is 3. The average molecular weight is 199 g/mol. The van der Waals surface area contributed by atoms with E-state index in [4.69, 9.17) is 5.84 Å². The lowest BCUT2D eigenvalue weighted by Gasteiger charge is -2.42. The minimum absolute atomic E-state index is 0.0771. The molecule has 3 nitrogen and oxygen atoms in total. The molecule has 3 N–H and O–H groups in total. The van der Waals surface area contributed by atoms with Gasteiger partial charge in [-0.05, 0) is 40.8 Å². The third kappa shape index (κ3) is 3.08. The van der Waals surface area contributed by atoms with Crippen LogP contribution in [0.3, 0.4) is 0 Å². The molecule has 0 rings (SSSR count). The highest BCUT2D eigenvalue weighted by atomic mass is 15.3. The van der Waals surface area contributed by atoms with E-state index >= 15 is 0 Å². The van der Waals surface area contributed by atoms with Crippen molar-refractivity contribution in [2.45, 2.75) is 45.2 Å². The van der Waals surface area contributed by atoms with Gasteiger partial charge in [0.15, 0.2) is 0 Å². The number of nitrogens with zero attached hydrogens (tertiary/aromatic N) is 1. The van der Waals surface area contributed by atoms with E-state index in [1.54, 1.807) is 0 Å². The molecule has 0 aromatic rings. The second-order valence-electron chi connectivity index (χ2n) is 4.49. The molecule has 0 bridgehead atoms. The van der Waals surface area contributed by atoms with Gasteiger partial charge in [-0.15, -0.1) is 6.58 Å². The predicted molar refractivity (Wildman–Crippen MR) is 62.9 cm³/mol. The van der Waals surface area contributed by atoms with Crippen LogP contribution < -0.4 is 11.3 Å². The van der Waals surface area contributed by atoms with E-state index in [-0.39, 0.29) is 11.6 Å². The minimum atomic E-state index is 0.0771. The Labute approximate surface area is 88.3 Å². The highest BCUT2D eigenvalue weighted by Crippen LogP contribution is 2.24. The lowest BCUT2D eigenvalue weighted by atomic mass is 9.85. The average Bonchev–Trinajstić information content (AvgIpc) is 2.12. The van der Waals surface area contributed by atoms with Gasteiger partial charge in [-0.1, -0.05) is 12.5 Å². The van der Waals surface area contributed by atoms with Gasteiger partial charge in [0.1, 0.15) is 0 Å².